The number of hydrogen-bond donors (Lipinski definition) is 6. The van der Waals surface area contributed by atoms with Gasteiger partial charge in [0.05, 0.1) is 53.0 Å². The first-order valence-corrected chi connectivity index (χ1v) is 19.8. The van der Waals surface area contributed by atoms with Crippen molar-refractivity contribution in [3.05, 3.63) is 52.8 Å². The molecule has 4 heterocycles. The van der Waals surface area contributed by atoms with E-state index in [9.17, 15) is 39.9 Å². The van der Waals surface area contributed by atoms with Gasteiger partial charge in [-0.2, -0.15) is 5.10 Å². The number of phenolic OH excluding ortho intramolecular Hbond substituents is 3. The number of anilines is 1. The van der Waals surface area contributed by atoms with Crippen LogP contribution < -0.4 is 10.1 Å². The van der Waals surface area contributed by atoms with E-state index in [1.54, 1.807) is 44.9 Å². The van der Waals surface area contributed by atoms with Crippen molar-refractivity contribution in [2.75, 3.05) is 45.7 Å². The number of amides is 1. The highest BCUT2D eigenvalue weighted by molar-refractivity contribution is 6.23. The van der Waals surface area contributed by atoms with Crippen LogP contribution >= 0.6 is 0 Å². The summed E-state index contributed by atoms with van der Waals surface area (Å²) in [5.74, 6) is -8.34. The van der Waals surface area contributed by atoms with Crippen LogP contribution in [0.1, 0.15) is 70.0 Å². The quantitative estimate of drug-likeness (QED) is 0.109. The number of rotatable bonds is 4. The maximum absolute atomic E-state index is 14.4. The molecule has 0 unspecified atom stereocenters. The number of benzene rings is 2. The first kappa shape index (κ1) is 44.9. The Morgan fingerprint density at radius 3 is 2.24 bits per heavy atom. The molecule has 1 amide bonds. The number of phenols is 3. The number of carbonyl (C=O) groups is 3. The number of carbonyl (C=O) groups excluding carboxylic acids is 3. The molecule has 6 N–H and O–H groups in total. The number of aliphatic hydroxyl groups is 2. The molecule has 0 spiro atoms. The van der Waals surface area contributed by atoms with Crippen molar-refractivity contribution < 1.29 is 58.9 Å². The number of Topliss-reactive ketones (excluding diaryl/α,β-unsaturated/α-hetero) is 1. The molecule has 59 heavy (non-hydrogen) atoms. The number of methoxy groups -OCH3 is 1. The number of aliphatic hydroxyl groups excluding tert-OH is 2. The van der Waals surface area contributed by atoms with Crippen LogP contribution in [0.2, 0.25) is 0 Å². The highest BCUT2D eigenvalue weighted by Crippen LogP contribution is 2.55. The molecule has 5 bridgehead atoms. The number of fused-ring (bicyclic) bond motifs is 14. The van der Waals surface area contributed by atoms with Gasteiger partial charge in [0, 0.05) is 87.3 Å². The predicted octanol–water partition coefficient (Wildman–Crippen LogP) is 4.34. The van der Waals surface area contributed by atoms with E-state index in [1.807, 2.05) is 7.05 Å². The largest absolute Gasteiger partial charge is 0.507 e. The van der Waals surface area contributed by atoms with Gasteiger partial charge in [-0.05, 0) is 27.0 Å². The van der Waals surface area contributed by atoms with Gasteiger partial charge in [-0.1, -0.05) is 45.9 Å². The number of ketones is 1. The number of allylic oxidation sites excluding steroid dienone is 2. The average molecular weight is 823 g/mol. The summed E-state index contributed by atoms with van der Waals surface area (Å²) >= 11 is 0. The Kier molecular flexibility index (Phi) is 13.7. The lowest BCUT2D eigenvalue weighted by Crippen LogP contribution is -2.46. The smallest absolute Gasteiger partial charge is 0.312 e. The Balaban J connectivity index is 1.70. The number of hydrogen-bond acceptors (Lipinski definition) is 15. The molecule has 6 rings (SSSR count). The Hall–Kier alpha value is -5.16. The van der Waals surface area contributed by atoms with Crippen molar-refractivity contribution in [2.24, 2.45) is 28.8 Å². The molecule has 4 aliphatic heterocycles. The first-order valence-electron chi connectivity index (χ1n) is 19.8. The zero-order valence-electron chi connectivity index (χ0n) is 35.3. The molecule has 0 saturated carbocycles. The lowest BCUT2D eigenvalue weighted by atomic mass is 9.78. The number of nitrogens with zero attached hydrogens (tertiary/aromatic N) is 3. The summed E-state index contributed by atoms with van der Waals surface area (Å²) in [6.07, 6.45) is 4.86. The van der Waals surface area contributed by atoms with Crippen molar-refractivity contribution in [2.45, 2.75) is 85.6 Å². The molecule has 0 aliphatic carbocycles. The lowest BCUT2D eigenvalue weighted by molar-refractivity contribution is -0.160. The second kappa shape index (κ2) is 18.0. The molecule has 1 fully saturated rings. The van der Waals surface area contributed by atoms with Crippen LogP contribution in [0.3, 0.4) is 0 Å². The number of ether oxygens (including phenoxy) is 4. The molecule has 0 aromatic heterocycles. The third kappa shape index (κ3) is 8.91. The average Bonchev–Trinajstić information content (AvgIpc) is 3.46. The third-order valence-electron chi connectivity index (χ3n) is 11.9. The highest BCUT2D eigenvalue weighted by Gasteiger charge is 2.50. The zero-order chi connectivity index (χ0) is 43.7. The zero-order valence-corrected chi connectivity index (χ0v) is 35.3. The van der Waals surface area contributed by atoms with E-state index in [1.165, 1.54) is 59.4 Å². The fourth-order valence-corrected chi connectivity index (χ4v) is 7.92. The highest BCUT2D eigenvalue weighted by atomic mass is 16.7. The number of hydrazone groups is 1. The molecule has 9 atom stereocenters. The van der Waals surface area contributed by atoms with Gasteiger partial charge in [-0.3, -0.25) is 19.4 Å². The second-order valence-corrected chi connectivity index (χ2v) is 16.1. The molecule has 1 saturated heterocycles. The summed E-state index contributed by atoms with van der Waals surface area (Å²) in [6, 6.07) is 0. The van der Waals surface area contributed by atoms with Gasteiger partial charge in [0.15, 0.2) is 5.75 Å². The molecule has 322 valence electrons. The van der Waals surface area contributed by atoms with E-state index in [-0.39, 0.29) is 44.5 Å². The molecule has 2 aromatic rings. The van der Waals surface area contributed by atoms with E-state index >= 15 is 0 Å². The first-order chi connectivity index (χ1) is 27.7. The topological polar surface area (TPSA) is 220 Å². The van der Waals surface area contributed by atoms with Crippen LogP contribution in [0.4, 0.5) is 5.69 Å². The van der Waals surface area contributed by atoms with Crippen molar-refractivity contribution in [1.29, 1.82) is 0 Å². The fraction of sp³-hybridized carbons (Fsp3) is 0.535. The van der Waals surface area contributed by atoms with Crippen molar-refractivity contribution in [3.63, 3.8) is 0 Å². The third-order valence-corrected chi connectivity index (χ3v) is 11.9. The summed E-state index contributed by atoms with van der Waals surface area (Å²) in [7, 11) is 3.42. The second-order valence-electron chi connectivity index (χ2n) is 16.1. The van der Waals surface area contributed by atoms with Gasteiger partial charge >= 0.3 is 11.8 Å². The Labute approximate surface area is 344 Å². The number of piperazine rings is 1. The Morgan fingerprint density at radius 2 is 1.61 bits per heavy atom. The van der Waals surface area contributed by atoms with Gasteiger partial charge in [0.2, 0.25) is 0 Å². The molecule has 16 nitrogen and oxygen atoms in total. The van der Waals surface area contributed by atoms with Gasteiger partial charge in [0.1, 0.15) is 23.4 Å². The van der Waals surface area contributed by atoms with Crippen LogP contribution in [0.15, 0.2) is 41.2 Å². The standard InChI is InChI=1S/C43H58N4O12/c1-21-12-11-13-22(2)42(55)45-33-28(20-44-47-17-15-46(9)16-18-47)37(52)30-31(38(33)53)36(51)26(6)40-32(30)41(54)43(8,59-40)57-19-14-29(56-10)23(3)39(58-27(7)48)25(5)35(50)24(4)34(21)49/h11-14,19-21,23-25,29,34-35,39,49-53H,15-18H2,1-10H3,(H,45,55)/b12-11+,19-14+,22-13-,44-20-/t21-,23-,24-,25-,29+,34-,35-,39-,43-/m0/s1. The van der Waals surface area contributed by atoms with Crippen molar-refractivity contribution in [1.82, 2.24) is 9.91 Å². The molecule has 4 aliphatic rings. The van der Waals surface area contributed by atoms with Crippen LogP contribution in [-0.2, 0) is 23.8 Å². The summed E-state index contributed by atoms with van der Waals surface area (Å²) in [4.78, 5) is 42.6. The Morgan fingerprint density at radius 1 is 0.949 bits per heavy atom. The van der Waals surface area contributed by atoms with E-state index in [2.05, 4.69) is 15.3 Å². The minimum atomic E-state index is -2.04. The number of esters is 1. The summed E-state index contributed by atoms with van der Waals surface area (Å²) < 4.78 is 23.6. The van der Waals surface area contributed by atoms with Crippen molar-refractivity contribution in [3.8, 4) is 23.0 Å². The predicted molar refractivity (Wildman–Crippen MR) is 220 cm³/mol. The maximum atomic E-state index is 14.4. The molecule has 0 radical (unpaired) electrons. The monoisotopic (exact) mass is 822 g/mol. The van der Waals surface area contributed by atoms with Crippen LogP contribution in [0.25, 0.3) is 10.8 Å². The van der Waals surface area contributed by atoms with E-state index in [0.717, 1.165) is 13.1 Å². The summed E-state index contributed by atoms with van der Waals surface area (Å²) in [5.41, 5.74) is -0.350. The number of aromatic hydroxyl groups is 3. The Bertz CT molecular complexity index is 2070. The minimum Gasteiger partial charge on any atom is -0.507 e. The lowest BCUT2D eigenvalue weighted by Gasteiger charge is -2.38. The van der Waals surface area contributed by atoms with Gasteiger partial charge in [-0.25, -0.2) is 0 Å². The molecular formula is C43H58N4O12. The summed E-state index contributed by atoms with van der Waals surface area (Å²) in [5, 5.41) is 66.8. The van der Waals surface area contributed by atoms with E-state index in [4.69, 9.17) is 18.9 Å². The van der Waals surface area contributed by atoms with Gasteiger partial charge in [0.25, 0.3) is 11.7 Å². The SMILES string of the molecule is CO[C@@H]1/C=C/O[C@@]2(C)Oc3c(C)c(O)c4c(O)c(c(/C=N\N5CCN(C)CC5)c(O)c4c3C2=O)NC(=O)/C(C)=C\C=C\[C@H](C)[C@H](O)[C@H](C)[C@H](O)[C@H](C)[C@@H](OC(C)=O)[C@H]1C. The molecular weight excluding hydrogens is 764 g/mol. The number of nitrogens with one attached hydrogen (secondary N) is 1. The summed E-state index contributed by atoms with van der Waals surface area (Å²) in [6.45, 7) is 15.1. The van der Waals surface area contributed by atoms with Crippen molar-refractivity contribution >= 4 is 40.3 Å². The van der Waals surface area contributed by atoms with E-state index < -0.39 is 88.8 Å². The minimum absolute atomic E-state index is 0.0559. The number of likely N-dealkylation sites (N-methyl/N-ethyl adjacent to an activating group) is 1. The van der Waals surface area contributed by atoms with Crippen LogP contribution in [-0.4, -0.2) is 130 Å². The molecule has 2 aromatic carbocycles. The molecule has 16 heteroatoms. The van der Waals surface area contributed by atoms with Crippen LogP contribution in [0, 0.1) is 30.6 Å². The maximum Gasteiger partial charge on any atom is 0.312 e. The fourth-order valence-electron chi connectivity index (χ4n) is 7.92. The van der Waals surface area contributed by atoms with E-state index in [0.29, 0.717) is 13.1 Å². The van der Waals surface area contributed by atoms with Gasteiger partial charge < -0.3 is 54.7 Å². The normalized spacial score (nSPS) is 32.1. The van der Waals surface area contributed by atoms with Crippen LogP contribution in [0.5, 0.6) is 23.0 Å². The van der Waals surface area contributed by atoms with Gasteiger partial charge in [-0.15, -0.1) is 0 Å².